The molecule has 1 aliphatic heterocycles. The van der Waals surface area contributed by atoms with Gasteiger partial charge in [-0.1, -0.05) is 6.92 Å². The third-order valence-electron chi connectivity index (χ3n) is 3.88. The van der Waals surface area contributed by atoms with E-state index in [1.807, 2.05) is 6.07 Å². The Kier molecular flexibility index (Phi) is 2.33. The Morgan fingerprint density at radius 3 is 3.00 bits per heavy atom. The van der Waals surface area contributed by atoms with E-state index in [1.165, 1.54) is 6.42 Å². The fourth-order valence-corrected chi connectivity index (χ4v) is 2.61. The molecule has 1 aromatic heterocycles. The van der Waals surface area contributed by atoms with Gasteiger partial charge in [0.05, 0.1) is 5.60 Å². The average Bonchev–Trinajstić information content (AvgIpc) is 2.67. The van der Waals surface area contributed by atoms with Gasteiger partial charge in [0.25, 0.3) is 0 Å². The summed E-state index contributed by atoms with van der Waals surface area (Å²) in [5.74, 6) is 3.44. The highest BCUT2D eigenvalue weighted by Crippen LogP contribution is 2.47. The molecular formula is C13H19NO2. The predicted octanol–water partition coefficient (Wildman–Crippen LogP) is 1.67. The van der Waals surface area contributed by atoms with Crippen molar-refractivity contribution in [3.8, 4) is 0 Å². The monoisotopic (exact) mass is 221 g/mol. The first-order valence-electron chi connectivity index (χ1n) is 6.18. The van der Waals surface area contributed by atoms with E-state index in [9.17, 15) is 5.11 Å². The molecule has 3 nitrogen and oxygen atoms in total. The minimum absolute atomic E-state index is 0.593. The molecule has 3 heteroatoms. The van der Waals surface area contributed by atoms with E-state index in [0.29, 0.717) is 18.9 Å². The van der Waals surface area contributed by atoms with E-state index in [0.717, 1.165) is 30.4 Å². The third-order valence-corrected chi connectivity index (χ3v) is 3.88. The summed E-state index contributed by atoms with van der Waals surface area (Å²) >= 11 is 0. The highest BCUT2D eigenvalue weighted by atomic mass is 16.3. The highest BCUT2D eigenvalue weighted by Gasteiger charge is 2.37. The summed E-state index contributed by atoms with van der Waals surface area (Å²) < 4.78 is 5.82. The van der Waals surface area contributed by atoms with Crippen molar-refractivity contribution in [3.63, 3.8) is 0 Å². The lowest BCUT2D eigenvalue weighted by molar-refractivity contribution is 0.0562. The summed E-state index contributed by atoms with van der Waals surface area (Å²) in [5.41, 5.74) is -0.593. The second-order valence-corrected chi connectivity index (χ2v) is 5.45. The van der Waals surface area contributed by atoms with Crippen molar-refractivity contribution in [1.29, 1.82) is 0 Å². The van der Waals surface area contributed by atoms with Crippen LogP contribution in [0, 0.1) is 5.92 Å². The molecule has 3 rings (SSSR count). The first-order chi connectivity index (χ1) is 7.66. The molecule has 0 spiro atoms. The molecule has 2 aliphatic rings. The highest BCUT2D eigenvalue weighted by molar-refractivity contribution is 5.18. The maximum absolute atomic E-state index is 10.2. The molecule has 2 N–H and O–H groups in total. The molecule has 1 saturated heterocycles. The van der Waals surface area contributed by atoms with Gasteiger partial charge in [0.15, 0.2) is 0 Å². The molecule has 3 unspecified atom stereocenters. The molecule has 3 atom stereocenters. The first kappa shape index (κ1) is 10.4. The molecule has 1 aliphatic carbocycles. The van der Waals surface area contributed by atoms with Crippen LogP contribution < -0.4 is 5.32 Å². The Morgan fingerprint density at radius 2 is 2.38 bits per heavy atom. The third kappa shape index (κ3) is 1.89. The molecular weight excluding hydrogens is 202 g/mol. The first-order valence-corrected chi connectivity index (χ1v) is 6.18. The van der Waals surface area contributed by atoms with Crippen molar-refractivity contribution in [1.82, 2.24) is 5.32 Å². The van der Waals surface area contributed by atoms with Crippen LogP contribution in [-0.4, -0.2) is 23.8 Å². The number of aliphatic hydroxyl groups is 1. The Hall–Kier alpha value is -0.800. The van der Waals surface area contributed by atoms with Crippen LogP contribution in [0.2, 0.25) is 0 Å². The Morgan fingerprint density at radius 1 is 1.56 bits per heavy atom. The van der Waals surface area contributed by atoms with Crippen molar-refractivity contribution in [2.75, 3.05) is 13.1 Å². The normalized spacial score (nSPS) is 37.9. The van der Waals surface area contributed by atoms with Gasteiger partial charge in [0.2, 0.25) is 0 Å². The predicted molar refractivity (Wildman–Crippen MR) is 61.4 cm³/mol. The van der Waals surface area contributed by atoms with Crippen LogP contribution in [0.5, 0.6) is 0 Å². The number of hydrogen-bond donors (Lipinski definition) is 2. The lowest BCUT2D eigenvalue weighted by Gasteiger charge is -2.19. The number of β-amino-alcohol motifs (C(OH)–C–C–N with tert-alkyl or cyclic N) is 1. The van der Waals surface area contributed by atoms with E-state index in [2.05, 4.69) is 18.3 Å². The van der Waals surface area contributed by atoms with Gasteiger partial charge in [-0.05, 0) is 37.4 Å². The summed E-state index contributed by atoms with van der Waals surface area (Å²) in [5, 5.41) is 13.4. The van der Waals surface area contributed by atoms with Crippen LogP contribution in [-0.2, 0) is 6.42 Å². The fraction of sp³-hybridized carbons (Fsp3) is 0.692. The molecule has 1 saturated carbocycles. The number of hydrogen-bond acceptors (Lipinski definition) is 3. The molecule has 16 heavy (non-hydrogen) atoms. The van der Waals surface area contributed by atoms with Gasteiger partial charge >= 0.3 is 0 Å². The molecule has 0 radical (unpaired) electrons. The van der Waals surface area contributed by atoms with Gasteiger partial charge in [-0.3, -0.25) is 0 Å². The van der Waals surface area contributed by atoms with E-state index in [-0.39, 0.29) is 0 Å². The number of nitrogens with one attached hydrogen (secondary N) is 1. The maximum atomic E-state index is 10.2. The van der Waals surface area contributed by atoms with Crippen molar-refractivity contribution in [2.45, 2.75) is 37.7 Å². The topological polar surface area (TPSA) is 45.4 Å². The Balaban J connectivity index is 1.68. The number of furan rings is 1. The van der Waals surface area contributed by atoms with E-state index >= 15 is 0 Å². The summed E-state index contributed by atoms with van der Waals surface area (Å²) in [7, 11) is 0. The molecule has 0 aromatic carbocycles. The van der Waals surface area contributed by atoms with Gasteiger partial charge in [0, 0.05) is 18.9 Å². The Bertz CT molecular complexity index is 379. The van der Waals surface area contributed by atoms with Crippen LogP contribution in [0.25, 0.3) is 0 Å². The van der Waals surface area contributed by atoms with E-state index < -0.39 is 5.60 Å². The molecule has 0 amide bonds. The molecule has 88 valence electrons. The molecule has 2 fully saturated rings. The zero-order chi connectivity index (χ0) is 11.2. The van der Waals surface area contributed by atoms with Crippen LogP contribution in [0.3, 0.4) is 0 Å². The van der Waals surface area contributed by atoms with Gasteiger partial charge in [0.1, 0.15) is 11.5 Å². The maximum Gasteiger partial charge on any atom is 0.107 e. The van der Waals surface area contributed by atoms with E-state index in [4.69, 9.17) is 4.42 Å². The van der Waals surface area contributed by atoms with Crippen LogP contribution >= 0.6 is 0 Å². The van der Waals surface area contributed by atoms with Crippen molar-refractivity contribution < 1.29 is 9.52 Å². The van der Waals surface area contributed by atoms with Gasteiger partial charge < -0.3 is 14.8 Å². The van der Waals surface area contributed by atoms with E-state index in [1.54, 1.807) is 0 Å². The zero-order valence-corrected chi connectivity index (χ0v) is 9.70. The molecule has 2 heterocycles. The standard InChI is InChI=1S/C13H19NO2/c1-9-6-11(9)12-3-2-10(16-12)7-13(15)4-5-14-8-13/h2-3,9,11,14-15H,4-8H2,1H3. The Labute approximate surface area is 95.8 Å². The summed E-state index contributed by atoms with van der Waals surface area (Å²) in [6.07, 6.45) is 2.71. The van der Waals surface area contributed by atoms with Crippen LogP contribution in [0.15, 0.2) is 16.5 Å². The summed E-state index contributed by atoms with van der Waals surface area (Å²) in [6.45, 7) is 3.84. The zero-order valence-electron chi connectivity index (χ0n) is 9.70. The van der Waals surface area contributed by atoms with Crippen molar-refractivity contribution in [3.05, 3.63) is 23.7 Å². The largest absolute Gasteiger partial charge is 0.466 e. The lowest BCUT2D eigenvalue weighted by atomic mass is 9.98. The van der Waals surface area contributed by atoms with Gasteiger partial charge in [-0.15, -0.1) is 0 Å². The lowest BCUT2D eigenvalue weighted by Crippen LogP contribution is -2.33. The smallest absolute Gasteiger partial charge is 0.107 e. The average molecular weight is 221 g/mol. The minimum atomic E-state index is -0.593. The minimum Gasteiger partial charge on any atom is -0.466 e. The second-order valence-electron chi connectivity index (χ2n) is 5.45. The second kappa shape index (κ2) is 3.60. The SMILES string of the molecule is CC1CC1c1ccc(CC2(O)CCNC2)o1. The van der Waals surface area contributed by atoms with Crippen molar-refractivity contribution >= 4 is 0 Å². The van der Waals surface area contributed by atoms with Crippen molar-refractivity contribution in [2.24, 2.45) is 5.92 Å². The quantitative estimate of drug-likeness (QED) is 0.816. The van der Waals surface area contributed by atoms with Gasteiger partial charge in [-0.2, -0.15) is 0 Å². The fourth-order valence-electron chi connectivity index (χ4n) is 2.61. The molecule has 0 bridgehead atoms. The summed E-state index contributed by atoms with van der Waals surface area (Å²) in [6, 6.07) is 4.10. The van der Waals surface area contributed by atoms with Gasteiger partial charge in [-0.25, -0.2) is 0 Å². The van der Waals surface area contributed by atoms with Crippen LogP contribution in [0.1, 0.15) is 37.2 Å². The number of rotatable bonds is 3. The molecule has 1 aromatic rings. The summed E-state index contributed by atoms with van der Waals surface area (Å²) in [4.78, 5) is 0. The van der Waals surface area contributed by atoms with Crippen LogP contribution in [0.4, 0.5) is 0 Å².